The maximum absolute atomic E-state index is 6.19. The third-order valence-electron chi connectivity index (χ3n) is 5.00. The van der Waals surface area contributed by atoms with Gasteiger partial charge < -0.3 is 4.42 Å². The number of furan rings is 1. The van der Waals surface area contributed by atoms with Crippen LogP contribution < -0.4 is 0 Å². The van der Waals surface area contributed by atoms with Gasteiger partial charge in [-0.15, -0.1) is 0 Å². The number of benzene rings is 3. The largest absolute Gasteiger partial charge is 0.452 e. The lowest BCUT2D eigenvalue weighted by Gasteiger charge is -2.09. The smallest absolute Gasteiger partial charge is 0.180 e. The summed E-state index contributed by atoms with van der Waals surface area (Å²) >= 11 is 0. The van der Waals surface area contributed by atoms with E-state index in [1.807, 2.05) is 24.3 Å². The maximum Gasteiger partial charge on any atom is 0.180 e. The van der Waals surface area contributed by atoms with Crippen LogP contribution in [0, 0.1) is 0 Å². The molecule has 2 heterocycles. The Bertz CT molecular complexity index is 1290. The van der Waals surface area contributed by atoms with Crippen LogP contribution in [0.2, 0.25) is 0 Å². The highest BCUT2D eigenvalue weighted by molar-refractivity contribution is 6.06. The van der Waals surface area contributed by atoms with E-state index >= 15 is 0 Å². The number of aromatic nitrogens is 2. The van der Waals surface area contributed by atoms with Gasteiger partial charge in [-0.3, -0.25) is 0 Å². The number of nitrogens with zero attached hydrogens (tertiary/aromatic N) is 2. The first-order valence-corrected chi connectivity index (χ1v) is 9.56. The molecule has 0 unspecified atom stereocenters. The summed E-state index contributed by atoms with van der Waals surface area (Å²) in [5.41, 5.74) is 6.70. The average Bonchev–Trinajstić information content (AvgIpc) is 3.12. The third-order valence-corrected chi connectivity index (χ3v) is 5.00. The SMILES string of the molecule is CC(C)c1nc(-c2cccc(-c3ccccc3)c2)c2oc3ccccc3c2n1. The standard InChI is InChI=1S/C25H20N2O/c1-16(2)25-26-22(24-23(27-25)20-13-6-7-14-21(20)28-24)19-12-8-11-18(15-19)17-9-4-3-5-10-17/h3-16H,1-2H3. The number of hydrogen-bond acceptors (Lipinski definition) is 3. The van der Waals surface area contributed by atoms with Gasteiger partial charge in [0.05, 0.1) is 0 Å². The van der Waals surface area contributed by atoms with Gasteiger partial charge in [-0.05, 0) is 29.3 Å². The van der Waals surface area contributed by atoms with Crippen LogP contribution in [-0.2, 0) is 0 Å². The van der Waals surface area contributed by atoms with E-state index in [1.54, 1.807) is 0 Å². The predicted octanol–water partition coefficient (Wildman–Crippen LogP) is 6.83. The van der Waals surface area contributed by atoms with Gasteiger partial charge in [0.2, 0.25) is 0 Å². The summed E-state index contributed by atoms with van der Waals surface area (Å²) in [6.07, 6.45) is 0. The lowest BCUT2D eigenvalue weighted by Crippen LogP contribution is -1.99. The van der Waals surface area contributed by atoms with Gasteiger partial charge in [-0.1, -0.05) is 74.5 Å². The highest BCUT2D eigenvalue weighted by Gasteiger charge is 2.18. The van der Waals surface area contributed by atoms with Gasteiger partial charge in [-0.25, -0.2) is 9.97 Å². The van der Waals surface area contributed by atoms with Crippen LogP contribution in [0.25, 0.3) is 44.5 Å². The van der Waals surface area contributed by atoms with Crippen LogP contribution in [-0.4, -0.2) is 9.97 Å². The number of fused-ring (bicyclic) bond motifs is 3. The summed E-state index contributed by atoms with van der Waals surface area (Å²) < 4.78 is 6.19. The normalized spacial score (nSPS) is 11.5. The molecule has 0 saturated heterocycles. The Morgan fingerprint density at radius 1 is 0.714 bits per heavy atom. The molecule has 0 aliphatic rings. The summed E-state index contributed by atoms with van der Waals surface area (Å²) in [5.74, 6) is 1.06. The minimum absolute atomic E-state index is 0.231. The van der Waals surface area contributed by atoms with Gasteiger partial charge in [0, 0.05) is 16.9 Å². The van der Waals surface area contributed by atoms with Gasteiger partial charge >= 0.3 is 0 Å². The van der Waals surface area contributed by atoms with E-state index in [0.717, 1.165) is 44.7 Å². The Kier molecular flexibility index (Phi) is 3.94. The molecule has 0 N–H and O–H groups in total. The predicted molar refractivity (Wildman–Crippen MR) is 114 cm³/mol. The Morgan fingerprint density at radius 3 is 2.25 bits per heavy atom. The Balaban J connectivity index is 1.79. The van der Waals surface area contributed by atoms with Gasteiger partial charge in [0.15, 0.2) is 5.58 Å². The van der Waals surface area contributed by atoms with Crippen molar-refractivity contribution in [1.82, 2.24) is 9.97 Å². The highest BCUT2D eigenvalue weighted by Crippen LogP contribution is 2.35. The topological polar surface area (TPSA) is 38.9 Å². The van der Waals surface area contributed by atoms with Gasteiger partial charge in [-0.2, -0.15) is 0 Å². The molecule has 3 nitrogen and oxygen atoms in total. The Hall–Kier alpha value is -3.46. The van der Waals surface area contributed by atoms with Gasteiger partial charge in [0.25, 0.3) is 0 Å². The molecule has 136 valence electrons. The van der Waals surface area contributed by atoms with E-state index in [0.29, 0.717) is 0 Å². The van der Waals surface area contributed by atoms with Crippen molar-refractivity contribution >= 4 is 22.1 Å². The van der Waals surface area contributed by atoms with Crippen molar-refractivity contribution in [2.24, 2.45) is 0 Å². The second-order valence-electron chi connectivity index (χ2n) is 7.31. The second-order valence-corrected chi connectivity index (χ2v) is 7.31. The van der Waals surface area contributed by atoms with Crippen LogP contribution in [0.3, 0.4) is 0 Å². The van der Waals surface area contributed by atoms with Crippen LogP contribution >= 0.6 is 0 Å². The van der Waals surface area contributed by atoms with Crippen LogP contribution in [0.5, 0.6) is 0 Å². The van der Waals surface area contributed by atoms with Crippen LogP contribution in [0.4, 0.5) is 0 Å². The van der Waals surface area contributed by atoms with Crippen molar-refractivity contribution < 1.29 is 4.42 Å². The van der Waals surface area contributed by atoms with Crippen molar-refractivity contribution in [1.29, 1.82) is 0 Å². The third kappa shape index (κ3) is 2.76. The molecule has 0 fully saturated rings. The van der Waals surface area contributed by atoms with Crippen molar-refractivity contribution in [3.63, 3.8) is 0 Å². The number of hydrogen-bond donors (Lipinski definition) is 0. The summed E-state index contributed by atoms with van der Waals surface area (Å²) in [7, 11) is 0. The molecule has 3 heteroatoms. The molecule has 5 rings (SSSR count). The number of para-hydroxylation sites is 1. The molecule has 0 saturated carbocycles. The lowest BCUT2D eigenvalue weighted by molar-refractivity contribution is 0.664. The molecule has 5 aromatic rings. The molecule has 0 aliphatic carbocycles. The monoisotopic (exact) mass is 364 g/mol. The van der Waals surface area contributed by atoms with Gasteiger partial charge in [0.1, 0.15) is 22.6 Å². The summed E-state index contributed by atoms with van der Waals surface area (Å²) in [5, 5.41) is 1.03. The minimum atomic E-state index is 0.231. The highest BCUT2D eigenvalue weighted by atomic mass is 16.3. The first-order valence-electron chi connectivity index (χ1n) is 9.56. The van der Waals surface area contributed by atoms with Crippen LogP contribution in [0.15, 0.2) is 83.3 Å². The quantitative estimate of drug-likeness (QED) is 0.352. The maximum atomic E-state index is 6.19. The van der Waals surface area contributed by atoms with E-state index in [-0.39, 0.29) is 5.92 Å². The lowest BCUT2D eigenvalue weighted by atomic mass is 10.0. The molecule has 0 spiro atoms. The molecule has 3 aromatic carbocycles. The number of rotatable bonds is 3. The Labute approximate surface area is 163 Å². The molecule has 28 heavy (non-hydrogen) atoms. The molecule has 0 radical (unpaired) electrons. The fourth-order valence-corrected chi connectivity index (χ4v) is 3.54. The molecular formula is C25H20N2O. The first kappa shape index (κ1) is 16.7. The van der Waals surface area contributed by atoms with Crippen LogP contribution in [0.1, 0.15) is 25.6 Å². The first-order chi connectivity index (χ1) is 13.7. The fourth-order valence-electron chi connectivity index (χ4n) is 3.54. The second kappa shape index (κ2) is 6.61. The van der Waals surface area contributed by atoms with Crippen molar-refractivity contribution in [3.8, 4) is 22.4 Å². The van der Waals surface area contributed by atoms with E-state index < -0.39 is 0 Å². The zero-order valence-electron chi connectivity index (χ0n) is 15.9. The van der Waals surface area contributed by atoms with Crippen molar-refractivity contribution in [2.45, 2.75) is 19.8 Å². The fraction of sp³-hybridized carbons (Fsp3) is 0.120. The summed E-state index contributed by atoms with van der Waals surface area (Å²) in [6, 6.07) is 26.9. The molecule has 0 atom stereocenters. The van der Waals surface area contributed by atoms with E-state index in [9.17, 15) is 0 Å². The van der Waals surface area contributed by atoms with Crippen molar-refractivity contribution in [2.75, 3.05) is 0 Å². The molecule has 2 aromatic heterocycles. The van der Waals surface area contributed by atoms with E-state index in [4.69, 9.17) is 14.4 Å². The molecule has 0 bridgehead atoms. The summed E-state index contributed by atoms with van der Waals surface area (Å²) in [6.45, 7) is 4.24. The molecular weight excluding hydrogens is 344 g/mol. The zero-order valence-corrected chi connectivity index (χ0v) is 15.9. The average molecular weight is 364 g/mol. The molecule has 0 aliphatic heterocycles. The Morgan fingerprint density at radius 2 is 1.43 bits per heavy atom. The molecule has 0 amide bonds. The van der Waals surface area contributed by atoms with E-state index in [2.05, 4.69) is 68.4 Å². The van der Waals surface area contributed by atoms with Crippen molar-refractivity contribution in [3.05, 3.63) is 84.7 Å². The van der Waals surface area contributed by atoms with E-state index in [1.165, 1.54) is 5.56 Å². The minimum Gasteiger partial charge on any atom is -0.452 e. The summed E-state index contributed by atoms with van der Waals surface area (Å²) in [4.78, 5) is 9.72. The zero-order chi connectivity index (χ0) is 19.1.